The molecule has 1 heterocycles. The molecule has 2 rings (SSSR count). The third-order valence-electron chi connectivity index (χ3n) is 3.23. The number of aromatic nitrogens is 3. The molecule has 0 unspecified atom stereocenters. The van der Waals surface area contributed by atoms with Crippen LogP contribution in [0.25, 0.3) is 0 Å². The molecular formula is C11H17N3O. The Kier molecular flexibility index (Phi) is 2.37. The van der Waals surface area contributed by atoms with Gasteiger partial charge in [0.25, 0.3) is 0 Å². The highest BCUT2D eigenvalue weighted by molar-refractivity contribution is 5.85. The summed E-state index contributed by atoms with van der Waals surface area (Å²) in [5.74, 6) is 1.23. The Hall–Kier alpha value is -1.19. The lowest BCUT2D eigenvalue weighted by Crippen LogP contribution is -2.19. The lowest BCUT2D eigenvalue weighted by Gasteiger charge is -2.13. The minimum Gasteiger partial charge on any atom is -0.299 e. The molecule has 1 aromatic heterocycles. The summed E-state index contributed by atoms with van der Waals surface area (Å²) in [5.41, 5.74) is -0.111. The van der Waals surface area contributed by atoms with Crippen molar-refractivity contribution >= 4 is 5.78 Å². The average molecular weight is 207 g/mol. The van der Waals surface area contributed by atoms with Gasteiger partial charge >= 0.3 is 0 Å². The van der Waals surface area contributed by atoms with Crippen molar-refractivity contribution in [2.75, 3.05) is 0 Å². The molecule has 0 aliphatic heterocycles. The van der Waals surface area contributed by atoms with Crippen LogP contribution in [0.5, 0.6) is 0 Å². The molecule has 1 fully saturated rings. The van der Waals surface area contributed by atoms with Crippen molar-refractivity contribution in [1.29, 1.82) is 0 Å². The van der Waals surface area contributed by atoms with Crippen LogP contribution in [0, 0.1) is 5.41 Å². The fourth-order valence-electron chi connectivity index (χ4n) is 1.94. The van der Waals surface area contributed by atoms with Gasteiger partial charge in [-0.1, -0.05) is 0 Å². The first-order valence-electron chi connectivity index (χ1n) is 5.44. The molecule has 15 heavy (non-hydrogen) atoms. The Morgan fingerprint density at radius 2 is 2.27 bits per heavy atom. The van der Waals surface area contributed by atoms with Gasteiger partial charge in [-0.2, -0.15) is 5.10 Å². The van der Waals surface area contributed by atoms with E-state index in [1.165, 1.54) is 0 Å². The van der Waals surface area contributed by atoms with Gasteiger partial charge in [0.1, 0.15) is 17.9 Å². The van der Waals surface area contributed by atoms with E-state index < -0.39 is 0 Å². The van der Waals surface area contributed by atoms with Crippen LogP contribution < -0.4 is 0 Å². The average Bonchev–Trinajstić information content (AvgIpc) is 2.77. The summed E-state index contributed by atoms with van der Waals surface area (Å²) >= 11 is 0. The molecule has 4 nitrogen and oxygen atoms in total. The van der Waals surface area contributed by atoms with Crippen LogP contribution >= 0.6 is 0 Å². The van der Waals surface area contributed by atoms with E-state index in [2.05, 4.69) is 23.9 Å². The number of ketones is 1. The van der Waals surface area contributed by atoms with Crippen LogP contribution in [-0.4, -0.2) is 20.5 Å². The van der Waals surface area contributed by atoms with Gasteiger partial charge in [0.2, 0.25) is 0 Å². The zero-order valence-corrected chi connectivity index (χ0v) is 9.53. The maximum absolute atomic E-state index is 11.5. The first-order valence-corrected chi connectivity index (χ1v) is 5.44. The zero-order valence-electron chi connectivity index (χ0n) is 9.53. The number of hydrogen-bond donors (Lipinski definition) is 0. The van der Waals surface area contributed by atoms with Crippen molar-refractivity contribution < 1.29 is 4.79 Å². The van der Waals surface area contributed by atoms with Gasteiger partial charge in [-0.25, -0.2) is 9.67 Å². The Labute approximate surface area is 89.7 Å². The van der Waals surface area contributed by atoms with Gasteiger partial charge in [0.05, 0.1) is 0 Å². The largest absolute Gasteiger partial charge is 0.299 e. The molecule has 4 heteroatoms. The highest BCUT2D eigenvalue weighted by Crippen LogP contribution is 2.48. The normalized spacial score (nSPS) is 18.1. The summed E-state index contributed by atoms with van der Waals surface area (Å²) < 4.78 is 1.91. The van der Waals surface area contributed by atoms with Crippen molar-refractivity contribution in [2.45, 2.75) is 46.1 Å². The smallest absolute Gasteiger partial charge is 0.138 e. The Bertz CT molecular complexity index is 377. The summed E-state index contributed by atoms with van der Waals surface area (Å²) in [6.07, 6.45) is 4.34. The van der Waals surface area contributed by atoms with Gasteiger partial charge in [0.15, 0.2) is 0 Å². The monoisotopic (exact) mass is 207 g/mol. The molecule has 1 aliphatic carbocycles. The summed E-state index contributed by atoms with van der Waals surface area (Å²) in [4.78, 5) is 15.7. The van der Waals surface area contributed by atoms with E-state index in [-0.39, 0.29) is 5.41 Å². The number of Topliss-reactive ketones (excluding diaryl/α,β-unsaturated/α-hetero) is 1. The van der Waals surface area contributed by atoms with Gasteiger partial charge in [-0.3, -0.25) is 4.79 Å². The number of hydrogen-bond acceptors (Lipinski definition) is 3. The summed E-state index contributed by atoms with van der Waals surface area (Å²) in [7, 11) is 0. The highest BCUT2D eigenvalue weighted by atomic mass is 16.1. The molecule has 0 radical (unpaired) electrons. The molecule has 1 aliphatic rings. The van der Waals surface area contributed by atoms with Crippen LogP contribution in [0.15, 0.2) is 6.33 Å². The number of nitrogens with zero attached hydrogens (tertiary/aromatic N) is 3. The molecule has 0 atom stereocenters. The van der Waals surface area contributed by atoms with Gasteiger partial charge in [-0.15, -0.1) is 0 Å². The van der Waals surface area contributed by atoms with Gasteiger partial charge in [-0.05, 0) is 33.6 Å². The van der Waals surface area contributed by atoms with Crippen LogP contribution in [0.3, 0.4) is 0 Å². The van der Waals surface area contributed by atoms with E-state index in [1.807, 2.05) is 4.68 Å². The summed E-state index contributed by atoms with van der Waals surface area (Å²) in [5, 5.41) is 4.18. The molecule has 0 N–H and O–H groups in total. The Morgan fingerprint density at radius 1 is 1.60 bits per heavy atom. The topological polar surface area (TPSA) is 47.8 Å². The molecule has 0 aromatic carbocycles. The maximum Gasteiger partial charge on any atom is 0.138 e. The van der Waals surface area contributed by atoms with E-state index in [9.17, 15) is 4.79 Å². The second-order valence-corrected chi connectivity index (χ2v) is 4.73. The molecular weight excluding hydrogens is 190 g/mol. The second-order valence-electron chi connectivity index (χ2n) is 4.73. The molecule has 0 spiro atoms. The third-order valence-corrected chi connectivity index (χ3v) is 3.23. The predicted molar refractivity (Wildman–Crippen MR) is 56.5 cm³/mol. The molecule has 1 aromatic rings. The quantitative estimate of drug-likeness (QED) is 0.756. The highest BCUT2D eigenvalue weighted by Gasteiger charge is 2.48. The van der Waals surface area contributed by atoms with Crippen LogP contribution in [-0.2, 0) is 11.2 Å². The van der Waals surface area contributed by atoms with E-state index >= 15 is 0 Å². The third kappa shape index (κ3) is 1.80. The minimum absolute atomic E-state index is 0.111. The predicted octanol–water partition coefficient (Wildman–Crippen LogP) is 1.77. The van der Waals surface area contributed by atoms with Crippen molar-refractivity contribution in [3.8, 4) is 0 Å². The van der Waals surface area contributed by atoms with E-state index in [0.717, 1.165) is 25.1 Å². The fraction of sp³-hybridized carbons (Fsp3) is 0.727. The van der Waals surface area contributed by atoms with Crippen molar-refractivity contribution in [3.63, 3.8) is 0 Å². The standard InChI is InChI=1S/C11H17N3O/c1-8(2)14-10(12-7-13-14)6-11(4-5-11)9(3)15/h7-8H,4-6H2,1-3H3. The lowest BCUT2D eigenvalue weighted by atomic mass is 9.97. The second kappa shape index (κ2) is 3.43. The zero-order chi connectivity index (χ0) is 11.1. The van der Waals surface area contributed by atoms with Crippen LogP contribution in [0.1, 0.15) is 45.5 Å². The lowest BCUT2D eigenvalue weighted by molar-refractivity contribution is -0.122. The summed E-state index contributed by atoms with van der Waals surface area (Å²) in [6.45, 7) is 5.83. The van der Waals surface area contributed by atoms with Gasteiger partial charge in [0, 0.05) is 17.9 Å². The number of carbonyl (C=O) groups is 1. The first-order chi connectivity index (χ1) is 7.05. The van der Waals surface area contributed by atoms with Crippen molar-refractivity contribution in [1.82, 2.24) is 14.8 Å². The Balaban J connectivity index is 2.18. The molecule has 1 saturated carbocycles. The minimum atomic E-state index is -0.111. The maximum atomic E-state index is 11.5. The van der Waals surface area contributed by atoms with E-state index in [1.54, 1.807) is 13.3 Å². The van der Waals surface area contributed by atoms with Crippen LogP contribution in [0.2, 0.25) is 0 Å². The van der Waals surface area contributed by atoms with Crippen molar-refractivity contribution in [3.05, 3.63) is 12.2 Å². The van der Waals surface area contributed by atoms with E-state index in [4.69, 9.17) is 0 Å². The molecule has 0 bridgehead atoms. The molecule has 0 amide bonds. The first kappa shape index (κ1) is 10.3. The fourth-order valence-corrected chi connectivity index (χ4v) is 1.94. The van der Waals surface area contributed by atoms with Crippen LogP contribution in [0.4, 0.5) is 0 Å². The SMILES string of the molecule is CC(=O)C1(Cc2ncnn2C(C)C)CC1. The number of carbonyl (C=O) groups excluding carboxylic acids is 1. The Morgan fingerprint density at radius 3 is 2.73 bits per heavy atom. The number of rotatable bonds is 4. The molecule has 82 valence electrons. The molecule has 0 saturated heterocycles. The van der Waals surface area contributed by atoms with Gasteiger partial charge < -0.3 is 0 Å². The van der Waals surface area contributed by atoms with Crippen molar-refractivity contribution in [2.24, 2.45) is 5.41 Å². The summed E-state index contributed by atoms with van der Waals surface area (Å²) in [6, 6.07) is 0.310. The van der Waals surface area contributed by atoms with E-state index in [0.29, 0.717) is 11.8 Å².